The van der Waals surface area contributed by atoms with E-state index in [1.54, 1.807) is 26.2 Å². The van der Waals surface area contributed by atoms with Crippen LogP contribution in [-0.4, -0.2) is 61.6 Å². The zero-order valence-corrected chi connectivity index (χ0v) is 11.8. The second-order valence-corrected chi connectivity index (χ2v) is 6.62. The Balaban J connectivity index is 4.01. The largest absolute Gasteiger partial charge is 0.500 e. The molecule has 0 aliphatic rings. The van der Waals surface area contributed by atoms with Crippen LogP contribution in [-0.2, 0) is 13.3 Å². The van der Waals surface area contributed by atoms with Crippen molar-refractivity contribution in [1.29, 1.82) is 0 Å². The quantitative estimate of drug-likeness (QED) is 0.301. The highest BCUT2D eigenvalue weighted by molar-refractivity contribution is 6.60. The van der Waals surface area contributed by atoms with Crippen molar-refractivity contribution in [2.24, 2.45) is 10.7 Å². The predicted octanol–water partition coefficient (Wildman–Crippen LogP) is 0.131. The number of rotatable bonds is 7. The highest BCUT2D eigenvalue weighted by Gasteiger charge is 2.36. The molecule has 0 amide bonds. The molecule has 0 saturated carbocycles. The van der Waals surface area contributed by atoms with E-state index < -0.39 is 8.80 Å². The van der Waals surface area contributed by atoms with Crippen molar-refractivity contribution in [1.82, 2.24) is 4.90 Å². The lowest BCUT2D eigenvalue weighted by atomic mass is 10.5. The van der Waals surface area contributed by atoms with Crippen LogP contribution in [0.15, 0.2) is 4.99 Å². The van der Waals surface area contributed by atoms with E-state index in [9.17, 15) is 0 Å². The summed E-state index contributed by atoms with van der Waals surface area (Å²) in [7, 11) is 6.10. The standard InChI is InChI=1S/C9H23N3O3Si/c1-12(2)9(10)11-7-6-8-16(13-3,14-4)15-5/h6-8H2,1-5H3,(H2,10,11). The van der Waals surface area contributed by atoms with Crippen molar-refractivity contribution in [3.8, 4) is 0 Å². The molecule has 7 heteroatoms. The molecule has 6 nitrogen and oxygen atoms in total. The summed E-state index contributed by atoms with van der Waals surface area (Å²) in [5.74, 6) is 0.527. The van der Waals surface area contributed by atoms with E-state index in [1.165, 1.54) is 0 Å². The number of aliphatic imine (C=N–C) groups is 1. The van der Waals surface area contributed by atoms with Gasteiger partial charge in [0.15, 0.2) is 5.96 Å². The molecule has 0 aliphatic heterocycles. The Morgan fingerprint density at radius 3 is 2.06 bits per heavy atom. The lowest BCUT2D eigenvalue weighted by Gasteiger charge is -2.23. The molecule has 0 rings (SSSR count). The van der Waals surface area contributed by atoms with Crippen LogP contribution in [0.25, 0.3) is 0 Å². The van der Waals surface area contributed by atoms with E-state index in [1.807, 2.05) is 14.1 Å². The molecule has 0 aromatic carbocycles. The number of hydrogen-bond acceptors (Lipinski definition) is 4. The molecule has 0 atom stereocenters. The van der Waals surface area contributed by atoms with Crippen LogP contribution in [0.1, 0.15) is 6.42 Å². The molecule has 0 radical (unpaired) electrons. The number of guanidine groups is 1. The van der Waals surface area contributed by atoms with Gasteiger partial charge < -0.3 is 23.9 Å². The molecule has 0 aromatic rings. The van der Waals surface area contributed by atoms with Gasteiger partial charge in [-0.15, -0.1) is 0 Å². The highest BCUT2D eigenvalue weighted by Crippen LogP contribution is 2.14. The zero-order valence-electron chi connectivity index (χ0n) is 10.8. The summed E-state index contributed by atoms with van der Waals surface area (Å²) < 4.78 is 15.9. The maximum Gasteiger partial charge on any atom is 0.500 e. The minimum absolute atomic E-state index is 0.527. The molecular weight excluding hydrogens is 226 g/mol. The Morgan fingerprint density at radius 2 is 1.69 bits per heavy atom. The molecule has 0 saturated heterocycles. The summed E-state index contributed by atoms with van der Waals surface area (Å²) in [6, 6.07) is 0.737. The van der Waals surface area contributed by atoms with Crippen molar-refractivity contribution in [3.63, 3.8) is 0 Å². The van der Waals surface area contributed by atoms with Crippen molar-refractivity contribution in [3.05, 3.63) is 0 Å². The molecule has 0 bridgehead atoms. The van der Waals surface area contributed by atoms with Gasteiger partial charge in [0.2, 0.25) is 0 Å². The van der Waals surface area contributed by atoms with E-state index in [0.717, 1.165) is 12.5 Å². The molecule has 0 aliphatic carbocycles. The fourth-order valence-electron chi connectivity index (χ4n) is 1.19. The molecule has 0 aromatic heterocycles. The molecular formula is C9H23N3O3Si. The lowest BCUT2D eigenvalue weighted by molar-refractivity contribution is 0.123. The fourth-order valence-corrected chi connectivity index (χ4v) is 2.89. The first-order chi connectivity index (χ1) is 7.51. The normalized spacial score (nSPS) is 12.9. The van der Waals surface area contributed by atoms with E-state index in [0.29, 0.717) is 12.5 Å². The summed E-state index contributed by atoms with van der Waals surface area (Å²) in [6.45, 7) is 0.648. The SMILES string of the molecule is CO[Si](CCCN=C(N)N(C)C)(OC)OC. The predicted molar refractivity (Wildman–Crippen MR) is 66.4 cm³/mol. The van der Waals surface area contributed by atoms with E-state index in [2.05, 4.69) is 4.99 Å². The van der Waals surface area contributed by atoms with Gasteiger partial charge in [-0.1, -0.05) is 0 Å². The molecule has 0 spiro atoms. The minimum Gasteiger partial charge on any atom is -0.377 e. The van der Waals surface area contributed by atoms with Gasteiger partial charge in [0.25, 0.3) is 0 Å². The van der Waals surface area contributed by atoms with Crippen LogP contribution < -0.4 is 5.73 Å². The second-order valence-electron chi connectivity index (χ2n) is 3.53. The van der Waals surface area contributed by atoms with Crippen LogP contribution >= 0.6 is 0 Å². The number of nitrogens with zero attached hydrogens (tertiary/aromatic N) is 2. The third-order valence-corrected chi connectivity index (χ3v) is 5.14. The Bertz CT molecular complexity index is 212. The van der Waals surface area contributed by atoms with Crippen molar-refractivity contribution in [2.75, 3.05) is 42.0 Å². The summed E-state index contributed by atoms with van der Waals surface area (Å²) in [5.41, 5.74) is 5.66. The molecule has 0 fully saturated rings. The second kappa shape index (κ2) is 7.61. The summed E-state index contributed by atoms with van der Waals surface area (Å²) in [5, 5.41) is 0. The van der Waals surface area contributed by atoms with Gasteiger partial charge in [0.05, 0.1) is 0 Å². The first kappa shape index (κ1) is 15.4. The van der Waals surface area contributed by atoms with Crippen LogP contribution in [0.5, 0.6) is 0 Å². The van der Waals surface area contributed by atoms with Crippen molar-refractivity contribution in [2.45, 2.75) is 12.5 Å². The van der Waals surface area contributed by atoms with E-state index >= 15 is 0 Å². The minimum atomic E-state index is -2.44. The number of nitrogens with two attached hydrogens (primary N) is 1. The van der Waals surface area contributed by atoms with Crippen LogP contribution in [0.3, 0.4) is 0 Å². The Kier molecular flexibility index (Phi) is 7.31. The van der Waals surface area contributed by atoms with Gasteiger partial charge >= 0.3 is 8.80 Å². The Hall–Kier alpha value is -0.633. The first-order valence-corrected chi connectivity index (χ1v) is 7.07. The number of hydrogen-bond donors (Lipinski definition) is 1. The lowest BCUT2D eigenvalue weighted by Crippen LogP contribution is -2.42. The van der Waals surface area contributed by atoms with E-state index in [4.69, 9.17) is 19.0 Å². The summed E-state index contributed by atoms with van der Waals surface area (Å²) in [4.78, 5) is 5.98. The van der Waals surface area contributed by atoms with Gasteiger partial charge in [-0.05, 0) is 6.42 Å². The maximum absolute atomic E-state index is 5.66. The average Bonchev–Trinajstić information content (AvgIpc) is 2.30. The van der Waals surface area contributed by atoms with Crippen molar-refractivity contribution < 1.29 is 13.3 Å². The summed E-state index contributed by atoms with van der Waals surface area (Å²) >= 11 is 0. The maximum atomic E-state index is 5.66. The van der Waals surface area contributed by atoms with E-state index in [-0.39, 0.29) is 0 Å². The Labute approximate surface area is 98.7 Å². The molecule has 0 heterocycles. The Morgan fingerprint density at radius 1 is 1.19 bits per heavy atom. The molecule has 16 heavy (non-hydrogen) atoms. The zero-order chi connectivity index (χ0) is 12.6. The van der Waals surface area contributed by atoms with Crippen LogP contribution in [0.2, 0.25) is 6.04 Å². The average molecular weight is 249 g/mol. The van der Waals surface area contributed by atoms with Crippen LogP contribution in [0.4, 0.5) is 0 Å². The first-order valence-electron chi connectivity index (χ1n) is 5.14. The topological polar surface area (TPSA) is 69.3 Å². The van der Waals surface area contributed by atoms with Gasteiger partial charge in [-0.3, -0.25) is 4.99 Å². The molecule has 2 N–H and O–H groups in total. The molecule has 0 unspecified atom stereocenters. The molecule has 96 valence electrons. The summed E-state index contributed by atoms with van der Waals surface area (Å²) in [6.07, 6.45) is 0.830. The van der Waals surface area contributed by atoms with Crippen LogP contribution in [0, 0.1) is 0 Å². The third kappa shape index (κ3) is 4.93. The fraction of sp³-hybridized carbons (Fsp3) is 0.889. The van der Waals surface area contributed by atoms with Gasteiger partial charge in [-0.2, -0.15) is 0 Å². The smallest absolute Gasteiger partial charge is 0.377 e. The third-order valence-electron chi connectivity index (χ3n) is 2.31. The van der Waals surface area contributed by atoms with Crippen molar-refractivity contribution >= 4 is 14.8 Å². The van der Waals surface area contributed by atoms with Gasteiger partial charge in [0, 0.05) is 48.0 Å². The highest BCUT2D eigenvalue weighted by atomic mass is 28.4. The monoisotopic (exact) mass is 249 g/mol. The van der Waals surface area contributed by atoms with Gasteiger partial charge in [-0.25, -0.2) is 0 Å². The van der Waals surface area contributed by atoms with Gasteiger partial charge in [0.1, 0.15) is 0 Å².